The zero-order chi connectivity index (χ0) is 15.4. The molecule has 0 spiro atoms. The Morgan fingerprint density at radius 3 is 2.45 bits per heavy atom. The second-order valence-electron chi connectivity index (χ2n) is 6.08. The molecule has 1 saturated heterocycles. The van der Waals surface area contributed by atoms with Crippen molar-refractivity contribution in [2.45, 2.75) is 32.9 Å². The second-order valence-corrected chi connectivity index (χ2v) is 6.08. The first-order chi connectivity index (χ1) is 10.8. The minimum atomic E-state index is 0.538. The van der Waals surface area contributed by atoms with E-state index in [-0.39, 0.29) is 0 Å². The van der Waals surface area contributed by atoms with E-state index < -0.39 is 0 Å². The van der Waals surface area contributed by atoms with Gasteiger partial charge in [-0.1, -0.05) is 42.4 Å². The molecule has 1 aliphatic rings. The molecule has 0 aliphatic carbocycles. The number of rotatable bonds is 5. The van der Waals surface area contributed by atoms with E-state index in [1.807, 2.05) is 13.0 Å². The maximum absolute atomic E-state index is 5.33. The summed E-state index contributed by atoms with van der Waals surface area (Å²) in [6, 6.07) is 13.4. The zero-order valence-electron chi connectivity index (χ0n) is 13.5. The highest BCUT2D eigenvalue weighted by Gasteiger charge is 2.24. The molecule has 0 N–H and O–H groups in total. The summed E-state index contributed by atoms with van der Waals surface area (Å²) in [7, 11) is 0. The molecule has 1 aromatic heterocycles. The van der Waals surface area contributed by atoms with Crippen molar-refractivity contribution in [1.29, 1.82) is 0 Å². The lowest BCUT2D eigenvalue weighted by molar-refractivity contribution is 0.0841. The van der Waals surface area contributed by atoms with E-state index in [4.69, 9.17) is 4.52 Å². The summed E-state index contributed by atoms with van der Waals surface area (Å²) in [6.07, 6.45) is 1.16. The minimum absolute atomic E-state index is 0.538. The summed E-state index contributed by atoms with van der Waals surface area (Å²) in [5, 5.41) is 3.97. The number of nitrogens with zero attached hydrogens (tertiary/aromatic N) is 3. The van der Waals surface area contributed by atoms with E-state index in [1.54, 1.807) is 0 Å². The summed E-state index contributed by atoms with van der Waals surface area (Å²) < 4.78 is 5.33. The fourth-order valence-electron chi connectivity index (χ4n) is 3.32. The van der Waals surface area contributed by atoms with Crippen molar-refractivity contribution in [3.8, 4) is 0 Å². The fourth-order valence-corrected chi connectivity index (χ4v) is 3.32. The van der Waals surface area contributed by atoms with Crippen molar-refractivity contribution < 1.29 is 4.52 Å². The first kappa shape index (κ1) is 15.3. The molecule has 1 fully saturated rings. The average Bonchev–Trinajstić information content (AvgIpc) is 2.96. The summed E-state index contributed by atoms with van der Waals surface area (Å²) >= 11 is 0. The van der Waals surface area contributed by atoms with Gasteiger partial charge < -0.3 is 4.52 Å². The second kappa shape index (κ2) is 7.07. The van der Waals surface area contributed by atoms with Gasteiger partial charge in [0.25, 0.3) is 0 Å². The van der Waals surface area contributed by atoms with Gasteiger partial charge in [-0.15, -0.1) is 0 Å². The summed E-state index contributed by atoms with van der Waals surface area (Å²) in [5.41, 5.74) is 2.40. The average molecular weight is 299 g/mol. The number of hydrogen-bond acceptors (Lipinski definition) is 4. The molecular formula is C18H25N3O. The van der Waals surface area contributed by atoms with Gasteiger partial charge in [0.1, 0.15) is 0 Å². The van der Waals surface area contributed by atoms with Crippen LogP contribution in [0.25, 0.3) is 0 Å². The van der Waals surface area contributed by atoms with E-state index in [9.17, 15) is 0 Å². The van der Waals surface area contributed by atoms with Crippen LogP contribution in [0.5, 0.6) is 0 Å². The topological polar surface area (TPSA) is 32.5 Å². The van der Waals surface area contributed by atoms with Crippen LogP contribution in [0.2, 0.25) is 0 Å². The SMILES string of the molecule is CCC(c1ccccc1)N1CCN(Cc2cc(C)no2)CC1. The van der Waals surface area contributed by atoms with Crippen LogP contribution in [0.4, 0.5) is 0 Å². The molecule has 0 radical (unpaired) electrons. The van der Waals surface area contributed by atoms with Crippen molar-refractivity contribution in [1.82, 2.24) is 15.0 Å². The molecular weight excluding hydrogens is 274 g/mol. The summed E-state index contributed by atoms with van der Waals surface area (Å²) in [6.45, 7) is 9.52. The normalized spacial score (nSPS) is 18.5. The first-order valence-corrected chi connectivity index (χ1v) is 8.20. The van der Waals surface area contributed by atoms with Crippen molar-refractivity contribution in [3.63, 3.8) is 0 Å². The van der Waals surface area contributed by atoms with Gasteiger partial charge in [0.15, 0.2) is 5.76 Å². The maximum atomic E-state index is 5.33. The number of piperazine rings is 1. The van der Waals surface area contributed by atoms with Crippen LogP contribution in [0.15, 0.2) is 40.9 Å². The number of benzene rings is 1. The van der Waals surface area contributed by atoms with E-state index in [1.165, 1.54) is 5.56 Å². The largest absolute Gasteiger partial charge is 0.360 e. The molecule has 0 bridgehead atoms. The third kappa shape index (κ3) is 3.57. The molecule has 1 aliphatic heterocycles. The van der Waals surface area contributed by atoms with Gasteiger partial charge in [-0.25, -0.2) is 0 Å². The predicted molar refractivity (Wildman–Crippen MR) is 87.6 cm³/mol. The minimum Gasteiger partial charge on any atom is -0.360 e. The predicted octanol–water partition coefficient (Wildman–Crippen LogP) is 3.25. The number of aromatic nitrogens is 1. The summed E-state index contributed by atoms with van der Waals surface area (Å²) in [5.74, 6) is 0.973. The fraction of sp³-hybridized carbons (Fsp3) is 0.500. The van der Waals surface area contributed by atoms with Gasteiger partial charge in [-0.05, 0) is 18.9 Å². The number of hydrogen-bond donors (Lipinski definition) is 0. The molecule has 1 aromatic carbocycles. The molecule has 2 heterocycles. The lowest BCUT2D eigenvalue weighted by Gasteiger charge is -2.39. The molecule has 1 unspecified atom stereocenters. The molecule has 4 heteroatoms. The van der Waals surface area contributed by atoms with E-state index in [2.05, 4.69) is 52.2 Å². The molecule has 0 amide bonds. The molecule has 1 atom stereocenters. The van der Waals surface area contributed by atoms with Gasteiger partial charge in [0, 0.05) is 38.3 Å². The molecule has 118 valence electrons. The van der Waals surface area contributed by atoms with Gasteiger partial charge in [-0.3, -0.25) is 9.80 Å². The van der Waals surface area contributed by atoms with Crippen LogP contribution >= 0.6 is 0 Å². The Kier molecular flexibility index (Phi) is 4.90. The lowest BCUT2D eigenvalue weighted by Crippen LogP contribution is -2.47. The third-order valence-corrected chi connectivity index (χ3v) is 4.47. The molecule has 2 aromatic rings. The molecule has 4 nitrogen and oxygen atoms in total. The smallest absolute Gasteiger partial charge is 0.150 e. The Labute approximate surface area is 132 Å². The van der Waals surface area contributed by atoms with Crippen molar-refractivity contribution >= 4 is 0 Å². The van der Waals surface area contributed by atoms with Crippen LogP contribution in [0, 0.1) is 6.92 Å². The van der Waals surface area contributed by atoms with Crippen LogP contribution in [-0.2, 0) is 6.54 Å². The van der Waals surface area contributed by atoms with E-state index >= 15 is 0 Å². The Morgan fingerprint density at radius 1 is 1.14 bits per heavy atom. The summed E-state index contributed by atoms with van der Waals surface area (Å²) in [4.78, 5) is 5.06. The van der Waals surface area contributed by atoms with Gasteiger partial charge in [-0.2, -0.15) is 0 Å². The molecule has 3 rings (SSSR count). The van der Waals surface area contributed by atoms with Crippen molar-refractivity contribution in [3.05, 3.63) is 53.4 Å². The quantitative estimate of drug-likeness (QED) is 0.848. The Balaban J connectivity index is 1.56. The first-order valence-electron chi connectivity index (χ1n) is 8.20. The highest BCUT2D eigenvalue weighted by molar-refractivity contribution is 5.19. The highest BCUT2D eigenvalue weighted by atomic mass is 16.5. The Bertz CT molecular complexity index is 573. The molecule has 0 saturated carbocycles. The monoisotopic (exact) mass is 299 g/mol. The van der Waals surface area contributed by atoms with Crippen LogP contribution < -0.4 is 0 Å². The number of aryl methyl sites for hydroxylation is 1. The standard InChI is InChI=1S/C18H25N3O/c1-3-18(16-7-5-4-6-8-16)21-11-9-20(10-12-21)14-17-13-15(2)19-22-17/h4-8,13,18H,3,9-12,14H2,1-2H3. The van der Waals surface area contributed by atoms with Gasteiger partial charge in [0.05, 0.1) is 12.2 Å². The molecule has 22 heavy (non-hydrogen) atoms. The highest BCUT2D eigenvalue weighted by Crippen LogP contribution is 2.25. The van der Waals surface area contributed by atoms with Crippen LogP contribution in [0.1, 0.15) is 36.4 Å². The van der Waals surface area contributed by atoms with Crippen molar-refractivity contribution in [2.24, 2.45) is 0 Å². The van der Waals surface area contributed by atoms with E-state index in [0.717, 1.165) is 50.6 Å². The van der Waals surface area contributed by atoms with Crippen LogP contribution in [-0.4, -0.2) is 41.1 Å². The Morgan fingerprint density at radius 2 is 1.86 bits per heavy atom. The van der Waals surface area contributed by atoms with E-state index in [0.29, 0.717) is 6.04 Å². The maximum Gasteiger partial charge on any atom is 0.150 e. The Hall–Kier alpha value is -1.65. The third-order valence-electron chi connectivity index (χ3n) is 4.47. The van der Waals surface area contributed by atoms with Crippen LogP contribution in [0.3, 0.4) is 0 Å². The lowest BCUT2D eigenvalue weighted by atomic mass is 10.0. The van der Waals surface area contributed by atoms with Gasteiger partial charge >= 0.3 is 0 Å². The van der Waals surface area contributed by atoms with Gasteiger partial charge in [0.2, 0.25) is 0 Å². The zero-order valence-corrected chi connectivity index (χ0v) is 13.5. The van der Waals surface area contributed by atoms with Crippen molar-refractivity contribution in [2.75, 3.05) is 26.2 Å².